The van der Waals surface area contributed by atoms with Gasteiger partial charge in [-0.15, -0.1) is 0 Å². The molecular formula is C21H17N3O4. The van der Waals surface area contributed by atoms with Gasteiger partial charge in [0.2, 0.25) is 5.71 Å². The fourth-order valence-electron chi connectivity index (χ4n) is 2.90. The molecule has 7 nitrogen and oxygen atoms in total. The molecule has 140 valence electrons. The average molecular weight is 375 g/mol. The number of nitrogens with one attached hydrogen (secondary N) is 2. The second-order valence-electron chi connectivity index (χ2n) is 6.20. The number of aryl methyl sites for hydroxylation is 1. The van der Waals surface area contributed by atoms with Crippen molar-refractivity contribution in [2.45, 2.75) is 13.5 Å². The molecule has 2 aromatic carbocycles. The Labute approximate surface area is 160 Å². The molecule has 2 heterocycles. The van der Waals surface area contributed by atoms with Gasteiger partial charge in [-0.05, 0) is 36.8 Å². The van der Waals surface area contributed by atoms with E-state index in [2.05, 4.69) is 15.3 Å². The lowest BCUT2D eigenvalue weighted by Gasteiger charge is -2.08. The minimum Gasteiger partial charge on any atom is -0.489 e. The summed E-state index contributed by atoms with van der Waals surface area (Å²) in [5, 5.41) is 2.91. The Kier molecular flexibility index (Phi) is 4.63. The molecule has 0 fully saturated rings. The molecule has 7 heteroatoms. The minimum absolute atomic E-state index is 0.135. The molecule has 0 unspecified atom stereocenters. The number of rotatable bonds is 5. The predicted molar refractivity (Wildman–Crippen MR) is 105 cm³/mol. The molecule has 0 bridgehead atoms. The van der Waals surface area contributed by atoms with E-state index in [4.69, 9.17) is 9.15 Å². The van der Waals surface area contributed by atoms with Crippen molar-refractivity contribution < 1.29 is 13.9 Å². The number of amides is 1. The highest BCUT2D eigenvalue weighted by Crippen LogP contribution is 2.23. The van der Waals surface area contributed by atoms with Crippen LogP contribution in [-0.4, -0.2) is 15.9 Å². The molecule has 2 N–H and O–H groups in total. The topological polar surface area (TPSA) is 97.2 Å². The summed E-state index contributed by atoms with van der Waals surface area (Å²) in [6.45, 7) is 2.08. The van der Waals surface area contributed by atoms with Gasteiger partial charge in [-0.25, -0.2) is 4.98 Å². The van der Waals surface area contributed by atoms with Crippen LogP contribution < -0.4 is 15.6 Å². The highest BCUT2D eigenvalue weighted by Gasteiger charge is 2.21. The van der Waals surface area contributed by atoms with E-state index in [0.717, 1.165) is 5.56 Å². The number of aromatic amines is 1. The first-order valence-corrected chi connectivity index (χ1v) is 8.67. The van der Waals surface area contributed by atoms with E-state index in [-0.39, 0.29) is 16.7 Å². The maximum absolute atomic E-state index is 12.7. The summed E-state index contributed by atoms with van der Waals surface area (Å²) in [6.07, 6.45) is 1.24. The monoisotopic (exact) mass is 375 g/mol. The van der Waals surface area contributed by atoms with Crippen molar-refractivity contribution in [3.63, 3.8) is 0 Å². The van der Waals surface area contributed by atoms with Crippen LogP contribution in [0.4, 0.5) is 5.69 Å². The van der Waals surface area contributed by atoms with Crippen LogP contribution in [0.1, 0.15) is 21.7 Å². The molecular weight excluding hydrogens is 358 g/mol. The number of fused-ring (bicyclic) bond motifs is 1. The fourth-order valence-corrected chi connectivity index (χ4v) is 2.90. The number of furan rings is 1. The van der Waals surface area contributed by atoms with Crippen LogP contribution in [0.15, 0.2) is 70.1 Å². The molecule has 0 atom stereocenters. The summed E-state index contributed by atoms with van der Waals surface area (Å²) in [4.78, 5) is 31.1. The molecule has 0 saturated carbocycles. The Morgan fingerprint density at radius 2 is 1.89 bits per heavy atom. The van der Waals surface area contributed by atoms with Crippen LogP contribution >= 0.6 is 0 Å². The van der Waals surface area contributed by atoms with Gasteiger partial charge in [-0.2, -0.15) is 0 Å². The smallest absolute Gasteiger partial charge is 0.262 e. The van der Waals surface area contributed by atoms with E-state index in [0.29, 0.717) is 23.8 Å². The Morgan fingerprint density at radius 3 is 2.64 bits per heavy atom. The molecule has 0 radical (unpaired) electrons. The number of H-pyrrole nitrogens is 1. The lowest BCUT2D eigenvalue weighted by molar-refractivity contribution is 0.102. The Hall–Kier alpha value is -3.87. The highest BCUT2D eigenvalue weighted by molar-refractivity contribution is 6.12. The number of benzene rings is 2. The number of nitrogens with zero attached hydrogens (tertiary/aromatic N) is 1. The summed E-state index contributed by atoms with van der Waals surface area (Å²) >= 11 is 0. The Balaban J connectivity index is 1.48. The third kappa shape index (κ3) is 3.50. The minimum atomic E-state index is -0.437. The van der Waals surface area contributed by atoms with Crippen LogP contribution in [-0.2, 0) is 6.61 Å². The van der Waals surface area contributed by atoms with Gasteiger partial charge in [-0.1, -0.05) is 30.3 Å². The zero-order valence-corrected chi connectivity index (χ0v) is 15.1. The molecule has 0 saturated heterocycles. The summed E-state index contributed by atoms with van der Waals surface area (Å²) < 4.78 is 11.2. The third-order valence-electron chi connectivity index (χ3n) is 4.26. The first-order valence-electron chi connectivity index (χ1n) is 8.67. The number of ether oxygens (including phenoxy) is 1. The van der Waals surface area contributed by atoms with Gasteiger partial charge >= 0.3 is 0 Å². The summed E-state index contributed by atoms with van der Waals surface area (Å²) in [5.74, 6) is 0.583. The van der Waals surface area contributed by atoms with Crippen molar-refractivity contribution in [1.82, 2.24) is 9.97 Å². The van der Waals surface area contributed by atoms with Crippen molar-refractivity contribution in [3.05, 3.63) is 88.2 Å². The maximum atomic E-state index is 12.7. The molecule has 0 spiro atoms. The van der Waals surface area contributed by atoms with Crippen LogP contribution in [0.3, 0.4) is 0 Å². The fraction of sp³-hybridized carbons (Fsp3) is 0.0952. The van der Waals surface area contributed by atoms with Crippen LogP contribution in [0.5, 0.6) is 5.75 Å². The standard InChI is InChI=1S/C21H17N3O4/c1-13-17(18-19(25)22-12-23-21(18)28-13)20(26)24-15-7-9-16(10-8-15)27-11-14-5-3-2-4-6-14/h2-10,12H,11H2,1H3,(H,24,26)(H,22,23,25). The summed E-state index contributed by atoms with van der Waals surface area (Å²) in [7, 11) is 0. The van der Waals surface area contributed by atoms with Gasteiger partial charge in [0.05, 0.1) is 11.9 Å². The van der Waals surface area contributed by atoms with Crippen LogP contribution in [0, 0.1) is 6.92 Å². The van der Waals surface area contributed by atoms with Crippen molar-refractivity contribution in [2.75, 3.05) is 5.32 Å². The zero-order chi connectivity index (χ0) is 19.5. The average Bonchev–Trinajstić information content (AvgIpc) is 3.05. The quantitative estimate of drug-likeness (QED) is 0.555. The number of hydrogen-bond acceptors (Lipinski definition) is 5. The largest absolute Gasteiger partial charge is 0.489 e. The van der Waals surface area contributed by atoms with Gasteiger partial charge in [0.25, 0.3) is 11.5 Å². The van der Waals surface area contributed by atoms with Crippen molar-refractivity contribution in [1.29, 1.82) is 0 Å². The van der Waals surface area contributed by atoms with E-state index in [1.807, 2.05) is 30.3 Å². The van der Waals surface area contributed by atoms with E-state index >= 15 is 0 Å². The van der Waals surface area contributed by atoms with Crippen LogP contribution in [0.25, 0.3) is 11.1 Å². The second kappa shape index (κ2) is 7.40. The highest BCUT2D eigenvalue weighted by atomic mass is 16.5. The first-order chi connectivity index (χ1) is 13.6. The number of aromatic nitrogens is 2. The molecule has 4 aromatic rings. The van der Waals surface area contributed by atoms with Gasteiger partial charge < -0.3 is 19.5 Å². The first kappa shape index (κ1) is 17.5. The van der Waals surface area contributed by atoms with E-state index < -0.39 is 11.5 Å². The van der Waals surface area contributed by atoms with Crippen molar-refractivity contribution in [2.24, 2.45) is 0 Å². The lowest BCUT2D eigenvalue weighted by Crippen LogP contribution is -2.16. The summed E-state index contributed by atoms with van der Waals surface area (Å²) in [6, 6.07) is 16.9. The molecule has 1 amide bonds. The molecule has 0 aliphatic rings. The Bertz CT molecular complexity index is 1180. The third-order valence-corrected chi connectivity index (χ3v) is 4.26. The Morgan fingerprint density at radius 1 is 1.14 bits per heavy atom. The molecule has 0 aliphatic carbocycles. The SMILES string of the molecule is Cc1oc2nc[nH]c(=O)c2c1C(=O)Nc1ccc(OCc2ccccc2)cc1. The maximum Gasteiger partial charge on any atom is 0.262 e. The second-order valence-corrected chi connectivity index (χ2v) is 6.20. The van der Waals surface area contributed by atoms with Crippen LogP contribution in [0.2, 0.25) is 0 Å². The molecule has 4 rings (SSSR count). The van der Waals surface area contributed by atoms with Gasteiger partial charge in [0.15, 0.2) is 0 Å². The molecule has 0 aliphatic heterocycles. The normalized spacial score (nSPS) is 10.8. The zero-order valence-electron chi connectivity index (χ0n) is 15.1. The van der Waals surface area contributed by atoms with Gasteiger partial charge in [-0.3, -0.25) is 9.59 Å². The number of carbonyl (C=O) groups excluding carboxylic acids is 1. The van der Waals surface area contributed by atoms with Crippen molar-refractivity contribution >= 4 is 22.7 Å². The van der Waals surface area contributed by atoms with E-state index in [1.165, 1.54) is 6.33 Å². The predicted octanol–water partition coefficient (Wildman–Crippen LogP) is 3.66. The number of hydrogen-bond donors (Lipinski definition) is 2. The van der Waals surface area contributed by atoms with Gasteiger partial charge in [0.1, 0.15) is 23.5 Å². The summed E-state index contributed by atoms with van der Waals surface area (Å²) in [5.41, 5.74) is 1.54. The van der Waals surface area contributed by atoms with E-state index in [1.54, 1.807) is 31.2 Å². The number of carbonyl (C=O) groups is 1. The molecule has 28 heavy (non-hydrogen) atoms. The van der Waals surface area contributed by atoms with Crippen molar-refractivity contribution in [3.8, 4) is 5.75 Å². The van der Waals surface area contributed by atoms with Gasteiger partial charge in [0, 0.05) is 5.69 Å². The number of anilines is 1. The molecule has 2 aromatic heterocycles. The van der Waals surface area contributed by atoms with E-state index in [9.17, 15) is 9.59 Å². The lowest BCUT2D eigenvalue weighted by atomic mass is 10.1.